The van der Waals surface area contributed by atoms with Gasteiger partial charge in [0.1, 0.15) is 5.52 Å². The first-order valence-electron chi connectivity index (χ1n) is 8.36. The maximum atomic E-state index is 12.2. The number of nitrogens with zero attached hydrogens (tertiary/aromatic N) is 3. The van der Waals surface area contributed by atoms with E-state index < -0.39 is 0 Å². The topological polar surface area (TPSA) is 57.1 Å². The van der Waals surface area contributed by atoms with Crippen molar-refractivity contribution < 1.29 is 14.2 Å². The second-order valence-electron chi connectivity index (χ2n) is 5.88. The Bertz CT molecular complexity index is 1060. The maximum Gasteiger partial charge on any atom is 0.171 e. The van der Waals surface area contributed by atoms with E-state index in [1.165, 1.54) is 12.1 Å². The summed E-state index contributed by atoms with van der Waals surface area (Å²) in [6.45, 7) is 0. The number of rotatable bonds is 3. The molecule has 0 fully saturated rings. The molecule has 0 unspecified atom stereocenters. The van der Waals surface area contributed by atoms with Crippen LogP contribution in [0.1, 0.15) is 0 Å². The number of halogens is 1. The van der Waals surface area contributed by atoms with Crippen LogP contribution in [0.25, 0.3) is 33.5 Å². The second kappa shape index (κ2) is 9.25. The Hall–Kier alpha value is -3.03. The van der Waals surface area contributed by atoms with Gasteiger partial charge in [0, 0.05) is 41.0 Å². The van der Waals surface area contributed by atoms with E-state index in [0.29, 0.717) is 11.3 Å². The molecule has 0 bridgehead atoms. The fourth-order valence-electron chi connectivity index (χ4n) is 2.52. The van der Waals surface area contributed by atoms with E-state index in [1.807, 2.05) is 30.3 Å². The largest absolute Gasteiger partial charge is 0.388 e. The zero-order valence-corrected chi connectivity index (χ0v) is 16.2. The van der Waals surface area contributed by atoms with Crippen LogP contribution in [0.2, 0.25) is 0 Å². The quantitative estimate of drug-likeness (QED) is 0.485. The van der Waals surface area contributed by atoms with Gasteiger partial charge in [-0.05, 0) is 48.0 Å². The molecular formula is C21H18FN3O2S. The number of methoxy groups -OCH3 is 1. The van der Waals surface area contributed by atoms with Gasteiger partial charge in [-0.25, -0.2) is 9.97 Å². The minimum absolute atomic E-state index is 0.140. The lowest BCUT2D eigenvalue weighted by atomic mass is 10.1. The molecule has 2 heterocycles. The number of ether oxygens (including phenoxy) is 1. The Morgan fingerprint density at radius 1 is 0.786 bits per heavy atom. The molecule has 2 aromatic heterocycles. The van der Waals surface area contributed by atoms with Gasteiger partial charge in [0.2, 0.25) is 0 Å². The molecule has 0 atom stereocenters. The van der Waals surface area contributed by atoms with E-state index in [1.54, 1.807) is 38.7 Å². The van der Waals surface area contributed by atoms with Crippen molar-refractivity contribution in [1.82, 2.24) is 15.0 Å². The Morgan fingerprint density at radius 2 is 1.43 bits per heavy atom. The molecule has 28 heavy (non-hydrogen) atoms. The number of hydrogen-bond acceptors (Lipinski definition) is 6. The smallest absolute Gasteiger partial charge is 0.171 e. The zero-order valence-electron chi connectivity index (χ0n) is 15.3. The molecule has 0 amide bonds. The molecule has 4 aromatic rings. The van der Waals surface area contributed by atoms with Crippen LogP contribution in [-0.4, -0.2) is 29.2 Å². The monoisotopic (exact) mass is 395 g/mol. The first-order valence-corrected chi connectivity index (χ1v) is 8.80. The summed E-state index contributed by atoms with van der Waals surface area (Å²) in [6.07, 6.45) is 3.48. The second-order valence-corrected chi connectivity index (χ2v) is 6.40. The average Bonchev–Trinajstić information content (AvgIpc) is 2.74. The Kier molecular flexibility index (Phi) is 6.52. The van der Waals surface area contributed by atoms with Crippen LogP contribution < -0.4 is 4.94 Å². The predicted octanol–water partition coefficient (Wildman–Crippen LogP) is 5.17. The lowest BCUT2D eigenvalue weighted by Crippen LogP contribution is -1.92. The van der Waals surface area contributed by atoms with Crippen molar-refractivity contribution in [2.24, 2.45) is 0 Å². The van der Waals surface area contributed by atoms with Crippen molar-refractivity contribution in [3.8, 4) is 28.3 Å². The lowest BCUT2D eigenvalue weighted by molar-refractivity contribution is -0.00618. The number of hydrogen-bond donors (Lipinski definition) is 1. The Labute approximate surface area is 167 Å². The molecule has 4 rings (SSSR count). The average molecular weight is 395 g/mol. The molecule has 0 radical (unpaired) electrons. The molecule has 2 aromatic carbocycles. The molecule has 0 N–H and O–H groups in total. The SMILES string of the molecule is COC.FOc1ccc(-c2ncc3ncc(-c4ccc(S)cc4)cc3n2)cc1. The van der Waals surface area contributed by atoms with Crippen LogP contribution in [-0.2, 0) is 4.74 Å². The standard InChI is InChI=1S/C19H12FN3OS.C2H6O/c20-24-15-5-1-13(2-6-15)19-22-11-18-17(23-19)9-14(10-21-18)12-3-7-16(25)8-4-12;1-3-2/h1-11,25H;1-2H3. The van der Waals surface area contributed by atoms with Crippen molar-refractivity contribution in [1.29, 1.82) is 0 Å². The van der Waals surface area contributed by atoms with Gasteiger partial charge in [-0.2, -0.15) is 0 Å². The highest BCUT2D eigenvalue weighted by Crippen LogP contribution is 2.25. The fourth-order valence-corrected chi connectivity index (χ4v) is 2.67. The van der Waals surface area contributed by atoms with Crippen LogP contribution in [0.3, 0.4) is 0 Å². The van der Waals surface area contributed by atoms with Crippen LogP contribution in [0.4, 0.5) is 4.53 Å². The maximum absolute atomic E-state index is 12.2. The number of aromatic nitrogens is 3. The van der Waals surface area contributed by atoms with Crippen molar-refractivity contribution >= 4 is 23.7 Å². The number of pyridine rings is 1. The van der Waals surface area contributed by atoms with E-state index in [2.05, 4.69) is 37.3 Å². The van der Waals surface area contributed by atoms with Gasteiger partial charge < -0.3 is 4.74 Å². The third kappa shape index (κ3) is 4.62. The first-order chi connectivity index (χ1) is 13.6. The molecular weight excluding hydrogens is 377 g/mol. The minimum Gasteiger partial charge on any atom is -0.388 e. The summed E-state index contributed by atoms with van der Waals surface area (Å²) in [5.74, 6) is 0.684. The van der Waals surface area contributed by atoms with Gasteiger partial charge in [-0.3, -0.25) is 9.93 Å². The molecule has 0 saturated heterocycles. The molecule has 142 valence electrons. The van der Waals surface area contributed by atoms with Gasteiger partial charge in [0.05, 0.1) is 11.7 Å². The summed E-state index contributed by atoms with van der Waals surface area (Å²) < 4.78 is 16.4. The van der Waals surface area contributed by atoms with Gasteiger partial charge >= 0.3 is 0 Å². The highest BCUT2D eigenvalue weighted by atomic mass is 32.1. The summed E-state index contributed by atoms with van der Waals surface area (Å²) in [6, 6.07) is 16.3. The molecule has 5 nitrogen and oxygen atoms in total. The van der Waals surface area contributed by atoms with Crippen LogP contribution in [0.5, 0.6) is 5.75 Å². The summed E-state index contributed by atoms with van der Waals surface area (Å²) in [5, 5.41) is 0. The van der Waals surface area contributed by atoms with Crippen molar-refractivity contribution in [3.05, 3.63) is 67.0 Å². The van der Waals surface area contributed by atoms with Gasteiger partial charge in [0.25, 0.3) is 0 Å². The van der Waals surface area contributed by atoms with Gasteiger partial charge in [0.15, 0.2) is 11.6 Å². The third-order valence-corrected chi connectivity index (χ3v) is 4.13. The number of thiol groups is 1. The van der Waals surface area contributed by atoms with E-state index in [-0.39, 0.29) is 5.75 Å². The highest BCUT2D eigenvalue weighted by Gasteiger charge is 2.07. The first kappa shape index (κ1) is 19.7. The zero-order chi connectivity index (χ0) is 19.9. The van der Waals surface area contributed by atoms with Crippen molar-refractivity contribution in [2.45, 2.75) is 4.90 Å². The number of fused-ring (bicyclic) bond motifs is 1. The molecule has 7 heteroatoms. The summed E-state index contributed by atoms with van der Waals surface area (Å²) in [7, 11) is 3.25. The van der Waals surface area contributed by atoms with E-state index >= 15 is 0 Å². The van der Waals surface area contributed by atoms with Crippen molar-refractivity contribution in [2.75, 3.05) is 14.2 Å². The highest BCUT2D eigenvalue weighted by molar-refractivity contribution is 7.80. The summed E-state index contributed by atoms with van der Waals surface area (Å²) >= 11 is 4.30. The van der Waals surface area contributed by atoms with Crippen LogP contribution >= 0.6 is 12.6 Å². The molecule has 0 aliphatic heterocycles. The fraction of sp³-hybridized carbons (Fsp3) is 0.0952. The molecule has 0 aliphatic carbocycles. The normalized spacial score (nSPS) is 10.3. The number of benzene rings is 2. The van der Waals surface area contributed by atoms with Crippen LogP contribution in [0.15, 0.2) is 71.9 Å². The Balaban J connectivity index is 0.000000706. The Morgan fingerprint density at radius 3 is 2.07 bits per heavy atom. The molecule has 0 aliphatic rings. The molecule has 0 spiro atoms. The third-order valence-electron chi connectivity index (χ3n) is 3.84. The van der Waals surface area contributed by atoms with Gasteiger partial charge in [-0.15, -0.1) is 12.6 Å². The summed E-state index contributed by atoms with van der Waals surface area (Å²) in [4.78, 5) is 17.9. The van der Waals surface area contributed by atoms with E-state index in [4.69, 9.17) is 0 Å². The van der Waals surface area contributed by atoms with Crippen LogP contribution in [0, 0.1) is 0 Å². The molecule has 0 saturated carbocycles. The van der Waals surface area contributed by atoms with E-state index in [0.717, 1.165) is 27.1 Å². The van der Waals surface area contributed by atoms with Crippen molar-refractivity contribution in [3.63, 3.8) is 0 Å². The summed E-state index contributed by atoms with van der Waals surface area (Å²) in [5.41, 5.74) is 4.22. The predicted molar refractivity (Wildman–Crippen MR) is 110 cm³/mol. The van der Waals surface area contributed by atoms with Gasteiger partial charge in [-0.1, -0.05) is 12.1 Å². The lowest BCUT2D eigenvalue weighted by Gasteiger charge is -2.05. The minimum atomic E-state index is 0.140. The van der Waals surface area contributed by atoms with E-state index in [9.17, 15) is 4.53 Å².